The topological polar surface area (TPSA) is 79.7 Å². The number of Topliss-reactive ketones (excluding diaryl/α,β-unsaturated/α-hetero) is 1. The molecule has 0 aliphatic carbocycles. The molecule has 27 heavy (non-hydrogen) atoms. The van der Waals surface area contributed by atoms with Gasteiger partial charge in [0.2, 0.25) is 5.78 Å². The van der Waals surface area contributed by atoms with E-state index in [0.29, 0.717) is 21.3 Å². The number of benzene rings is 1. The Kier molecular flexibility index (Phi) is 4.51. The van der Waals surface area contributed by atoms with Gasteiger partial charge in [0.15, 0.2) is 10.9 Å². The van der Waals surface area contributed by atoms with Crippen LogP contribution in [0.3, 0.4) is 0 Å². The summed E-state index contributed by atoms with van der Waals surface area (Å²) in [5.74, 6) is -0.881. The quantitative estimate of drug-likeness (QED) is 0.657. The fraction of sp³-hybridized carbons (Fsp3) is 0.105. The van der Waals surface area contributed by atoms with E-state index in [1.807, 2.05) is 0 Å². The number of amides is 1. The molecule has 3 heterocycles. The lowest BCUT2D eigenvalue weighted by Crippen LogP contribution is -2.30. The number of rotatable bonds is 5. The Morgan fingerprint density at radius 2 is 1.96 bits per heavy atom. The van der Waals surface area contributed by atoms with Crippen LogP contribution in [0.1, 0.15) is 21.3 Å². The Morgan fingerprint density at radius 3 is 2.56 bits per heavy atom. The van der Waals surface area contributed by atoms with Gasteiger partial charge >= 0.3 is 0 Å². The molecule has 1 atom stereocenters. The number of thiophene rings is 1. The number of ketones is 1. The first-order valence-electron chi connectivity index (χ1n) is 8.00. The first kappa shape index (κ1) is 17.4. The van der Waals surface area contributed by atoms with E-state index < -0.39 is 17.7 Å². The lowest BCUT2D eigenvalue weighted by Gasteiger charge is -2.24. The second-order valence-corrected chi connectivity index (χ2v) is 7.55. The number of carbonyl (C=O) groups is 2. The van der Waals surface area contributed by atoms with Crippen molar-refractivity contribution in [3.63, 3.8) is 0 Å². The molecule has 1 aromatic carbocycles. The SMILES string of the molecule is COc1ccc([C@@H]2C(C(=O)c3cccs3)=C(O)C(=O)N2c2nccs2)cc1. The van der Waals surface area contributed by atoms with Crippen molar-refractivity contribution in [2.45, 2.75) is 6.04 Å². The van der Waals surface area contributed by atoms with Crippen LogP contribution >= 0.6 is 22.7 Å². The fourth-order valence-electron chi connectivity index (χ4n) is 3.01. The van der Waals surface area contributed by atoms with E-state index in [-0.39, 0.29) is 11.4 Å². The number of hydrogen-bond donors (Lipinski definition) is 1. The van der Waals surface area contributed by atoms with Crippen molar-refractivity contribution in [3.8, 4) is 5.75 Å². The van der Waals surface area contributed by atoms with Gasteiger partial charge < -0.3 is 9.84 Å². The van der Waals surface area contributed by atoms with Gasteiger partial charge in [-0.15, -0.1) is 22.7 Å². The van der Waals surface area contributed by atoms with Crippen molar-refractivity contribution in [2.24, 2.45) is 0 Å². The number of aliphatic hydroxyl groups is 1. The summed E-state index contributed by atoms with van der Waals surface area (Å²) in [7, 11) is 1.56. The van der Waals surface area contributed by atoms with Crippen LogP contribution in [0.4, 0.5) is 5.13 Å². The molecule has 2 aromatic heterocycles. The van der Waals surface area contributed by atoms with E-state index in [1.165, 1.54) is 27.6 Å². The smallest absolute Gasteiger partial charge is 0.296 e. The summed E-state index contributed by atoms with van der Waals surface area (Å²) in [5.41, 5.74) is 0.742. The van der Waals surface area contributed by atoms with Crippen molar-refractivity contribution in [3.05, 3.63) is 75.1 Å². The normalized spacial score (nSPS) is 16.9. The van der Waals surface area contributed by atoms with Crippen molar-refractivity contribution in [1.29, 1.82) is 0 Å². The monoisotopic (exact) mass is 398 g/mol. The number of hydrogen-bond acceptors (Lipinski definition) is 7. The third kappa shape index (κ3) is 2.92. The number of ether oxygens (including phenoxy) is 1. The van der Waals surface area contributed by atoms with Crippen LogP contribution in [0.15, 0.2) is 64.7 Å². The third-order valence-electron chi connectivity index (χ3n) is 4.25. The van der Waals surface area contributed by atoms with Crippen LogP contribution in [-0.4, -0.2) is 28.9 Å². The standard InChI is InChI=1S/C19H14N2O4S2/c1-25-12-6-4-11(5-7-12)15-14(16(22)13-3-2-9-26-13)17(23)18(24)21(15)19-20-8-10-27-19/h2-10,15,23H,1H3/t15-/m1/s1. The van der Waals surface area contributed by atoms with Crippen molar-refractivity contribution >= 4 is 39.5 Å². The largest absolute Gasteiger partial charge is 0.503 e. The summed E-state index contributed by atoms with van der Waals surface area (Å²) >= 11 is 2.53. The summed E-state index contributed by atoms with van der Waals surface area (Å²) in [6, 6.07) is 9.73. The van der Waals surface area contributed by atoms with Gasteiger partial charge in [0.25, 0.3) is 5.91 Å². The van der Waals surface area contributed by atoms with E-state index in [0.717, 1.165) is 0 Å². The van der Waals surface area contributed by atoms with Crippen LogP contribution in [0.2, 0.25) is 0 Å². The maximum absolute atomic E-state index is 13.1. The summed E-state index contributed by atoms with van der Waals surface area (Å²) in [5, 5.41) is 14.5. The van der Waals surface area contributed by atoms with Gasteiger partial charge in [-0.2, -0.15) is 0 Å². The number of carbonyl (C=O) groups excluding carboxylic acids is 2. The van der Waals surface area contributed by atoms with Gasteiger partial charge in [0.05, 0.1) is 23.6 Å². The number of nitrogens with zero attached hydrogens (tertiary/aromatic N) is 2. The second-order valence-electron chi connectivity index (χ2n) is 5.73. The van der Waals surface area contributed by atoms with E-state index in [1.54, 1.807) is 60.5 Å². The van der Waals surface area contributed by atoms with Crippen molar-refractivity contribution < 1.29 is 19.4 Å². The van der Waals surface area contributed by atoms with Crippen LogP contribution in [-0.2, 0) is 4.79 Å². The molecule has 4 rings (SSSR count). The number of methoxy groups -OCH3 is 1. The number of aromatic nitrogens is 1. The first-order valence-corrected chi connectivity index (χ1v) is 9.76. The molecule has 6 nitrogen and oxygen atoms in total. The Labute approximate surface area is 163 Å². The van der Waals surface area contributed by atoms with Gasteiger partial charge in [0, 0.05) is 11.6 Å². The van der Waals surface area contributed by atoms with Gasteiger partial charge in [-0.3, -0.25) is 14.5 Å². The van der Waals surface area contributed by atoms with Gasteiger partial charge in [-0.25, -0.2) is 4.98 Å². The second kappa shape index (κ2) is 6.98. The van der Waals surface area contributed by atoms with Gasteiger partial charge in [-0.05, 0) is 29.1 Å². The van der Waals surface area contributed by atoms with E-state index in [4.69, 9.17) is 4.74 Å². The minimum atomic E-state index is -0.760. The lowest BCUT2D eigenvalue weighted by molar-refractivity contribution is -0.117. The maximum Gasteiger partial charge on any atom is 0.296 e. The Balaban J connectivity index is 1.86. The van der Waals surface area contributed by atoms with E-state index in [2.05, 4.69) is 4.98 Å². The summed E-state index contributed by atoms with van der Waals surface area (Å²) in [6.07, 6.45) is 1.58. The molecule has 136 valence electrons. The highest BCUT2D eigenvalue weighted by molar-refractivity contribution is 7.14. The molecule has 0 saturated heterocycles. The predicted octanol–water partition coefficient (Wildman–Crippen LogP) is 4.00. The zero-order valence-electron chi connectivity index (χ0n) is 14.2. The zero-order chi connectivity index (χ0) is 19.0. The molecule has 1 aliphatic rings. The van der Waals surface area contributed by atoms with Crippen LogP contribution < -0.4 is 9.64 Å². The van der Waals surface area contributed by atoms with E-state index >= 15 is 0 Å². The molecule has 3 aromatic rings. The predicted molar refractivity (Wildman–Crippen MR) is 104 cm³/mol. The van der Waals surface area contributed by atoms with Crippen LogP contribution in [0.5, 0.6) is 5.75 Å². The number of aliphatic hydroxyl groups excluding tert-OH is 1. The average molecular weight is 398 g/mol. The highest BCUT2D eigenvalue weighted by Crippen LogP contribution is 2.43. The zero-order valence-corrected chi connectivity index (χ0v) is 15.8. The molecular formula is C19H14N2O4S2. The van der Waals surface area contributed by atoms with Gasteiger partial charge in [-0.1, -0.05) is 18.2 Å². The maximum atomic E-state index is 13.1. The van der Waals surface area contributed by atoms with Crippen LogP contribution in [0, 0.1) is 0 Å². The van der Waals surface area contributed by atoms with E-state index in [9.17, 15) is 14.7 Å². The van der Waals surface area contributed by atoms with Gasteiger partial charge in [0.1, 0.15) is 5.75 Å². The Hall–Kier alpha value is -2.97. The molecule has 1 N–H and O–H groups in total. The summed E-state index contributed by atoms with van der Waals surface area (Å²) < 4.78 is 5.19. The molecule has 0 spiro atoms. The number of anilines is 1. The third-order valence-corrected chi connectivity index (χ3v) is 5.89. The Morgan fingerprint density at radius 1 is 1.19 bits per heavy atom. The molecular weight excluding hydrogens is 384 g/mol. The first-order chi connectivity index (χ1) is 13.1. The van der Waals surface area contributed by atoms with Crippen molar-refractivity contribution in [2.75, 3.05) is 12.0 Å². The molecule has 8 heteroatoms. The minimum absolute atomic E-state index is 0.0582. The summed E-state index contributed by atoms with van der Waals surface area (Å²) in [6.45, 7) is 0. The molecule has 0 fully saturated rings. The molecule has 1 amide bonds. The fourth-order valence-corrected chi connectivity index (χ4v) is 4.36. The van der Waals surface area contributed by atoms with Crippen LogP contribution in [0.25, 0.3) is 0 Å². The molecule has 0 radical (unpaired) electrons. The summed E-state index contributed by atoms with van der Waals surface area (Å²) in [4.78, 5) is 31.9. The lowest BCUT2D eigenvalue weighted by atomic mass is 9.95. The number of thiazole rings is 1. The molecule has 1 aliphatic heterocycles. The van der Waals surface area contributed by atoms with Crippen molar-refractivity contribution in [1.82, 2.24) is 4.98 Å². The molecule has 0 saturated carbocycles. The highest BCUT2D eigenvalue weighted by Gasteiger charge is 2.45. The molecule has 0 bridgehead atoms. The minimum Gasteiger partial charge on any atom is -0.503 e. The highest BCUT2D eigenvalue weighted by atomic mass is 32.1. The Bertz CT molecular complexity index is 1010. The molecule has 0 unspecified atom stereocenters. The average Bonchev–Trinajstić information content (AvgIpc) is 3.44.